The maximum Gasteiger partial charge on any atom is 0.407 e. The zero-order valence-electron chi connectivity index (χ0n) is 18.9. The smallest absolute Gasteiger partial charge is 0.407 e. The average molecular weight is 446 g/mol. The van der Waals surface area contributed by atoms with Gasteiger partial charge in [0.15, 0.2) is 0 Å². The minimum absolute atomic E-state index is 0.0853. The summed E-state index contributed by atoms with van der Waals surface area (Å²) < 4.78 is 10.8. The fourth-order valence-electron chi connectivity index (χ4n) is 4.49. The van der Waals surface area contributed by atoms with Crippen LogP contribution in [0.4, 0.5) is 4.79 Å². The summed E-state index contributed by atoms with van der Waals surface area (Å²) in [6.07, 6.45) is -0.594. The molecule has 0 saturated carbocycles. The predicted molar refractivity (Wildman–Crippen MR) is 126 cm³/mol. The molecule has 6 heteroatoms. The van der Waals surface area contributed by atoms with Gasteiger partial charge < -0.3 is 19.9 Å². The van der Waals surface area contributed by atoms with E-state index in [1.165, 1.54) is 0 Å². The van der Waals surface area contributed by atoms with Crippen LogP contribution in [0.2, 0.25) is 0 Å². The molecule has 6 nitrogen and oxygen atoms in total. The molecule has 4 rings (SSSR count). The first-order valence-electron chi connectivity index (χ1n) is 10.9. The van der Waals surface area contributed by atoms with Gasteiger partial charge in [0.1, 0.15) is 18.4 Å². The van der Waals surface area contributed by atoms with Crippen molar-refractivity contribution in [2.75, 3.05) is 13.7 Å². The SMILES string of the molecule is COc1cc(C)c(CC(NC(=O)OCC2c3ccccc3-c3ccccc32)C(=O)O)cc1C. The van der Waals surface area contributed by atoms with E-state index in [1.807, 2.05) is 62.4 Å². The van der Waals surface area contributed by atoms with Crippen molar-refractivity contribution in [2.24, 2.45) is 0 Å². The number of fused-ring (bicyclic) bond motifs is 3. The third-order valence-electron chi connectivity index (χ3n) is 6.21. The summed E-state index contributed by atoms with van der Waals surface area (Å²) in [4.78, 5) is 24.4. The lowest BCUT2D eigenvalue weighted by Crippen LogP contribution is -2.43. The molecule has 170 valence electrons. The van der Waals surface area contributed by atoms with Gasteiger partial charge in [0.25, 0.3) is 0 Å². The normalized spacial score (nSPS) is 13.1. The monoisotopic (exact) mass is 445 g/mol. The first kappa shape index (κ1) is 22.4. The van der Waals surface area contributed by atoms with E-state index in [2.05, 4.69) is 17.4 Å². The number of methoxy groups -OCH3 is 1. The van der Waals surface area contributed by atoms with E-state index in [0.29, 0.717) is 0 Å². The molecule has 1 amide bonds. The molecule has 0 fully saturated rings. The van der Waals surface area contributed by atoms with Crippen LogP contribution >= 0.6 is 0 Å². The first-order valence-corrected chi connectivity index (χ1v) is 10.9. The summed E-state index contributed by atoms with van der Waals surface area (Å²) in [6.45, 7) is 3.92. The fourth-order valence-corrected chi connectivity index (χ4v) is 4.49. The summed E-state index contributed by atoms with van der Waals surface area (Å²) in [6, 6.07) is 18.8. The number of carbonyl (C=O) groups is 2. The van der Waals surface area contributed by atoms with E-state index in [9.17, 15) is 14.7 Å². The van der Waals surface area contributed by atoms with Crippen LogP contribution in [0.1, 0.15) is 33.7 Å². The van der Waals surface area contributed by atoms with Crippen LogP contribution in [0.25, 0.3) is 11.1 Å². The highest BCUT2D eigenvalue weighted by Gasteiger charge is 2.30. The number of benzene rings is 3. The highest BCUT2D eigenvalue weighted by molar-refractivity contribution is 5.81. The largest absolute Gasteiger partial charge is 0.496 e. The zero-order chi connectivity index (χ0) is 23.5. The van der Waals surface area contributed by atoms with Gasteiger partial charge in [-0.1, -0.05) is 54.6 Å². The van der Waals surface area contributed by atoms with Crippen LogP contribution in [0.3, 0.4) is 0 Å². The van der Waals surface area contributed by atoms with Crippen molar-refractivity contribution in [3.05, 3.63) is 88.5 Å². The third kappa shape index (κ3) is 4.55. The molecule has 0 saturated heterocycles. The highest BCUT2D eigenvalue weighted by atomic mass is 16.5. The molecule has 33 heavy (non-hydrogen) atoms. The molecule has 0 heterocycles. The van der Waals surface area contributed by atoms with Gasteiger partial charge in [-0.2, -0.15) is 0 Å². The third-order valence-corrected chi connectivity index (χ3v) is 6.21. The Hall–Kier alpha value is -3.80. The van der Waals surface area contributed by atoms with E-state index >= 15 is 0 Å². The summed E-state index contributed by atoms with van der Waals surface area (Å²) in [5, 5.41) is 12.2. The Kier molecular flexibility index (Phi) is 6.36. The summed E-state index contributed by atoms with van der Waals surface area (Å²) in [5.74, 6) is -0.457. The standard InChI is InChI=1S/C27H27NO5/c1-16-13-25(32-3)17(2)12-18(16)14-24(26(29)30)28-27(31)33-15-23-21-10-6-4-8-19(21)20-9-5-7-11-22(20)23/h4-13,23-24H,14-15H2,1-3H3,(H,28,31)(H,29,30). The number of hydrogen-bond donors (Lipinski definition) is 2. The second-order valence-electron chi connectivity index (χ2n) is 8.31. The molecule has 1 aliphatic carbocycles. The molecule has 3 aromatic carbocycles. The van der Waals surface area contributed by atoms with Crippen LogP contribution in [-0.2, 0) is 16.0 Å². The fraction of sp³-hybridized carbons (Fsp3) is 0.259. The van der Waals surface area contributed by atoms with Crippen molar-refractivity contribution in [2.45, 2.75) is 32.2 Å². The zero-order valence-corrected chi connectivity index (χ0v) is 18.9. The number of ether oxygens (including phenoxy) is 2. The van der Waals surface area contributed by atoms with Crippen molar-refractivity contribution in [3.8, 4) is 16.9 Å². The molecule has 1 atom stereocenters. The summed E-state index contributed by atoms with van der Waals surface area (Å²) >= 11 is 0. The lowest BCUT2D eigenvalue weighted by Gasteiger charge is -2.19. The number of aryl methyl sites for hydroxylation is 2. The lowest BCUT2D eigenvalue weighted by atomic mass is 9.98. The van der Waals surface area contributed by atoms with Gasteiger partial charge in [0.2, 0.25) is 0 Å². The molecule has 0 bridgehead atoms. The van der Waals surface area contributed by atoms with Crippen LogP contribution < -0.4 is 10.1 Å². The van der Waals surface area contributed by atoms with Crippen LogP contribution in [0, 0.1) is 13.8 Å². The quantitative estimate of drug-likeness (QED) is 0.543. The second kappa shape index (κ2) is 9.36. The lowest BCUT2D eigenvalue weighted by molar-refractivity contribution is -0.139. The number of carbonyl (C=O) groups excluding carboxylic acids is 1. The first-order chi connectivity index (χ1) is 15.9. The Bertz CT molecular complexity index is 1160. The van der Waals surface area contributed by atoms with Crippen LogP contribution in [-0.4, -0.2) is 36.9 Å². The molecule has 3 aromatic rings. The Balaban J connectivity index is 1.45. The van der Waals surface area contributed by atoms with Crippen molar-refractivity contribution in [1.29, 1.82) is 0 Å². The van der Waals surface area contributed by atoms with Gasteiger partial charge >= 0.3 is 12.1 Å². The molecular weight excluding hydrogens is 418 g/mol. The minimum Gasteiger partial charge on any atom is -0.496 e. The van der Waals surface area contributed by atoms with Gasteiger partial charge in [-0.3, -0.25) is 0 Å². The maximum atomic E-state index is 12.6. The van der Waals surface area contributed by atoms with E-state index < -0.39 is 18.1 Å². The van der Waals surface area contributed by atoms with Gasteiger partial charge in [-0.15, -0.1) is 0 Å². The number of amides is 1. The molecule has 2 N–H and O–H groups in total. The molecule has 1 unspecified atom stereocenters. The molecular formula is C27H27NO5. The molecule has 0 aromatic heterocycles. The van der Waals surface area contributed by atoms with Gasteiger partial charge in [0, 0.05) is 12.3 Å². The number of alkyl carbamates (subject to hydrolysis) is 1. The van der Waals surface area contributed by atoms with E-state index in [1.54, 1.807) is 7.11 Å². The Morgan fingerprint density at radius 2 is 1.58 bits per heavy atom. The predicted octanol–water partition coefficient (Wildman–Crippen LogP) is 4.85. The van der Waals surface area contributed by atoms with Crippen LogP contribution in [0.15, 0.2) is 60.7 Å². The van der Waals surface area contributed by atoms with Crippen molar-refractivity contribution in [1.82, 2.24) is 5.32 Å². The van der Waals surface area contributed by atoms with Gasteiger partial charge in [0.05, 0.1) is 7.11 Å². The number of aliphatic carboxylic acids is 1. The number of hydrogen-bond acceptors (Lipinski definition) is 4. The molecule has 0 spiro atoms. The van der Waals surface area contributed by atoms with E-state index in [-0.39, 0.29) is 18.9 Å². The van der Waals surface area contributed by atoms with E-state index in [4.69, 9.17) is 9.47 Å². The second-order valence-corrected chi connectivity index (χ2v) is 8.31. The minimum atomic E-state index is -1.11. The summed E-state index contributed by atoms with van der Waals surface area (Å²) in [5.41, 5.74) is 7.11. The Labute approximate surface area is 193 Å². The number of nitrogens with one attached hydrogen (secondary N) is 1. The maximum absolute atomic E-state index is 12.6. The Morgan fingerprint density at radius 1 is 0.970 bits per heavy atom. The number of carboxylic acids is 1. The van der Waals surface area contributed by atoms with Gasteiger partial charge in [-0.05, 0) is 58.9 Å². The highest BCUT2D eigenvalue weighted by Crippen LogP contribution is 2.44. The molecule has 0 radical (unpaired) electrons. The van der Waals surface area contributed by atoms with Crippen molar-refractivity contribution in [3.63, 3.8) is 0 Å². The van der Waals surface area contributed by atoms with Crippen molar-refractivity contribution < 1.29 is 24.2 Å². The number of carboxylic acid groups (broad SMARTS) is 1. The Morgan fingerprint density at radius 3 is 2.15 bits per heavy atom. The molecule has 0 aliphatic heterocycles. The summed E-state index contributed by atoms with van der Waals surface area (Å²) in [7, 11) is 1.60. The van der Waals surface area contributed by atoms with Crippen LogP contribution in [0.5, 0.6) is 5.75 Å². The number of rotatable bonds is 7. The van der Waals surface area contributed by atoms with Crippen molar-refractivity contribution >= 4 is 12.1 Å². The van der Waals surface area contributed by atoms with Gasteiger partial charge in [-0.25, -0.2) is 9.59 Å². The average Bonchev–Trinajstić information content (AvgIpc) is 3.13. The molecule has 1 aliphatic rings. The topological polar surface area (TPSA) is 84.9 Å². The van der Waals surface area contributed by atoms with E-state index in [0.717, 1.165) is 44.7 Å².